The molecule has 10 heteroatoms. The van der Waals surface area contributed by atoms with Gasteiger partial charge in [0.2, 0.25) is 5.91 Å². The van der Waals surface area contributed by atoms with Crippen molar-refractivity contribution in [2.75, 3.05) is 32.1 Å². The van der Waals surface area contributed by atoms with Crippen LogP contribution in [0.5, 0.6) is 0 Å². The van der Waals surface area contributed by atoms with Crippen molar-refractivity contribution in [2.45, 2.75) is 11.6 Å². The Labute approximate surface area is 158 Å². The predicted octanol–water partition coefficient (Wildman–Crippen LogP) is 1.36. The fourth-order valence-corrected chi connectivity index (χ4v) is 3.61. The molecule has 0 atom stereocenters. The average Bonchev–Trinajstić information content (AvgIpc) is 3.12. The molecule has 1 saturated heterocycles. The maximum absolute atomic E-state index is 13.1. The highest BCUT2D eigenvalue weighted by Crippen LogP contribution is 2.23. The van der Waals surface area contributed by atoms with Crippen LogP contribution in [0.1, 0.15) is 5.56 Å². The smallest absolute Gasteiger partial charge is 0.233 e. The van der Waals surface area contributed by atoms with Gasteiger partial charge in [0.1, 0.15) is 17.2 Å². The van der Waals surface area contributed by atoms with Crippen LogP contribution in [0.3, 0.4) is 0 Å². The summed E-state index contributed by atoms with van der Waals surface area (Å²) in [5, 5.41) is 8.92. The second-order valence-corrected chi connectivity index (χ2v) is 6.97. The van der Waals surface area contributed by atoms with Crippen molar-refractivity contribution in [1.29, 1.82) is 0 Å². The largest absolute Gasteiger partial charge is 0.378 e. The number of rotatable bonds is 5. The van der Waals surface area contributed by atoms with Gasteiger partial charge in [-0.3, -0.25) is 4.79 Å². The van der Waals surface area contributed by atoms with E-state index in [0.29, 0.717) is 49.0 Å². The lowest BCUT2D eigenvalue weighted by Gasteiger charge is -2.26. The van der Waals surface area contributed by atoms with E-state index in [9.17, 15) is 9.18 Å². The zero-order chi connectivity index (χ0) is 18.6. The Morgan fingerprint density at radius 2 is 1.96 bits per heavy atom. The second-order valence-electron chi connectivity index (χ2n) is 6.01. The molecule has 0 saturated carbocycles. The molecule has 27 heavy (non-hydrogen) atoms. The number of ether oxygens (including phenoxy) is 1. The predicted molar refractivity (Wildman–Crippen MR) is 96.7 cm³/mol. The standard InChI is InChI=1S/C17H17FN6O2S/c18-13-3-1-12(2-4-13)9-24-16-15(21-22-24)17(20-11-19-16)27-10-14(25)23-5-7-26-8-6-23/h1-4,11H,5-10H2. The molecule has 0 unspecified atom stereocenters. The number of nitrogens with zero attached hydrogens (tertiary/aromatic N) is 6. The van der Waals surface area contributed by atoms with E-state index in [2.05, 4.69) is 20.3 Å². The van der Waals surface area contributed by atoms with Crippen molar-refractivity contribution >= 4 is 28.8 Å². The Bertz CT molecular complexity index is 942. The van der Waals surface area contributed by atoms with Crippen LogP contribution in [-0.2, 0) is 16.1 Å². The molecule has 4 rings (SSSR count). The number of hydrogen-bond donors (Lipinski definition) is 0. The van der Waals surface area contributed by atoms with Gasteiger partial charge in [-0.05, 0) is 17.7 Å². The number of amides is 1. The van der Waals surface area contributed by atoms with Crippen LogP contribution >= 0.6 is 11.8 Å². The Morgan fingerprint density at radius 1 is 1.19 bits per heavy atom. The zero-order valence-corrected chi connectivity index (χ0v) is 15.2. The fraction of sp³-hybridized carbons (Fsp3) is 0.353. The van der Waals surface area contributed by atoms with Gasteiger partial charge in [0.15, 0.2) is 11.2 Å². The minimum atomic E-state index is -0.284. The molecular formula is C17H17FN6O2S. The third-order valence-corrected chi connectivity index (χ3v) is 5.17. The summed E-state index contributed by atoms with van der Waals surface area (Å²) in [6.45, 7) is 2.81. The number of carbonyl (C=O) groups is 1. The molecule has 1 aromatic carbocycles. The molecule has 2 aromatic heterocycles. The zero-order valence-electron chi connectivity index (χ0n) is 14.4. The minimum absolute atomic E-state index is 0.0498. The number of carbonyl (C=O) groups excluding carboxylic acids is 1. The molecule has 1 aliphatic heterocycles. The van der Waals surface area contributed by atoms with E-state index in [0.717, 1.165) is 5.56 Å². The van der Waals surface area contributed by atoms with E-state index >= 15 is 0 Å². The second kappa shape index (κ2) is 7.97. The van der Waals surface area contributed by atoms with Crippen LogP contribution in [0.2, 0.25) is 0 Å². The Hall–Kier alpha value is -2.59. The molecule has 0 bridgehead atoms. The fourth-order valence-electron chi connectivity index (χ4n) is 2.78. The van der Waals surface area contributed by atoms with Crippen molar-refractivity contribution in [3.05, 3.63) is 42.0 Å². The van der Waals surface area contributed by atoms with Crippen molar-refractivity contribution in [1.82, 2.24) is 29.9 Å². The lowest BCUT2D eigenvalue weighted by molar-refractivity contribution is -0.132. The first-order valence-electron chi connectivity index (χ1n) is 8.47. The van der Waals surface area contributed by atoms with E-state index in [-0.39, 0.29) is 17.5 Å². The third kappa shape index (κ3) is 4.06. The monoisotopic (exact) mass is 388 g/mol. The lowest BCUT2D eigenvalue weighted by Crippen LogP contribution is -2.41. The number of fused-ring (bicyclic) bond motifs is 1. The average molecular weight is 388 g/mol. The SMILES string of the molecule is O=C(CSc1ncnc2c1nnn2Cc1ccc(F)cc1)N1CCOCC1. The van der Waals surface area contributed by atoms with Crippen LogP contribution < -0.4 is 0 Å². The summed E-state index contributed by atoms with van der Waals surface area (Å²) >= 11 is 1.32. The maximum Gasteiger partial charge on any atom is 0.233 e. The van der Waals surface area contributed by atoms with Crippen molar-refractivity contribution in [3.63, 3.8) is 0 Å². The lowest BCUT2D eigenvalue weighted by atomic mass is 10.2. The van der Waals surface area contributed by atoms with Gasteiger partial charge in [-0.2, -0.15) is 0 Å². The van der Waals surface area contributed by atoms with E-state index in [4.69, 9.17) is 4.74 Å². The third-order valence-electron chi connectivity index (χ3n) is 4.21. The number of benzene rings is 1. The number of morpholine rings is 1. The molecule has 0 aliphatic carbocycles. The maximum atomic E-state index is 13.1. The summed E-state index contributed by atoms with van der Waals surface area (Å²) in [6, 6.07) is 6.20. The quantitative estimate of drug-likeness (QED) is 0.482. The van der Waals surface area contributed by atoms with Crippen molar-refractivity contribution in [2.24, 2.45) is 0 Å². The molecule has 0 radical (unpaired) electrons. The summed E-state index contributed by atoms with van der Waals surface area (Å²) in [5.41, 5.74) is 2.02. The van der Waals surface area contributed by atoms with Crippen LogP contribution in [0.4, 0.5) is 4.39 Å². The van der Waals surface area contributed by atoms with Gasteiger partial charge in [-0.15, -0.1) is 5.10 Å². The van der Waals surface area contributed by atoms with E-state index < -0.39 is 0 Å². The molecule has 1 amide bonds. The number of hydrogen-bond acceptors (Lipinski definition) is 7. The summed E-state index contributed by atoms with van der Waals surface area (Å²) in [6.07, 6.45) is 1.44. The summed E-state index contributed by atoms with van der Waals surface area (Å²) < 4.78 is 20.0. The highest BCUT2D eigenvalue weighted by molar-refractivity contribution is 8.00. The molecule has 140 valence electrons. The van der Waals surface area contributed by atoms with Gasteiger partial charge in [0.25, 0.3) is 0 Å². The van der Waals surface area contributed by atoms with Gasteiger partial charge in [0.05, 0.1) is 25.5 Å². The minimum Gasteiger partial charge on any atom is -0.378 e. The summed E-state index contributed by atoms with van der Waals surface area (Å²) in [7, 11) is 0. The molecule has 1 fully saturated rings. The molecular weight excluding hydrogens is 371 g/mol. The van der Waals surface area contributed by atoms with Crippen LogP contribution in [0.25, 0.3) is 11.2 Å². The first-order valence-corrected chi connectivity index (χ1v) is 9.46. The first-order chi connectivity index (χ1) is 13.2. The summed E-state index contributed by atoms with van der Waals surface area (Å²) in [4.78, 5) is 22.6. The van der Waals surface area contributed by atoms with Crippen LogP contribution in [0.15, 0.2) is 35.6 Å². The highest BCUT2D eigenvalue weighted by atomic mass is 32.2. The topological polar surface area (TPSA) is 86.0 Å². The van der Waals surface area contributed by atoms with Gasteiger partial charge >= 0.3 is 0 Å². The molecule has 0 N–H and O–H groups in total. The van der Waals surface area contributed by atoms with E-state index in [1.54, 1.807) is 21.7 Å². The van der Waals surface area contributed by atoms with Crippen LogP contribution in [0, 0.1) is 5.82 Å². The van der Waals surface area contributed by atoms with E-state index in [1.807, 2.05) is 0 Å². The van der Waals surface area contributed by atoms with Gasteiger partial charge in [-0.25, -0.2) is 19.0 Å². The molecule has 3 aromatic rings. The van der Waals surface area contributed by atoms with Crippen molar-refractivity contribution < 1.29 is 13.9 Å². The molecule has 0 spiro atoms. The Morgan fingerprint density at radius 3 is 2.74 bits per heavy atom. The molecule has 1 aliphatic rings. The van der Waals surface area contributed by atoms with Gasteiger partial charge in [-0.1, -0.05) is 29.1 Å². The Balaban J connectivity index is 1.48. The first kappa shape index (κ1) is 17.8. The highest BCUT2D eigenvalue weighted by Gasteiger charge is 2.19. The van der Waals surface area contributed by atoms with Crippen LogP contribution in [-0.4, -0.2) is 67.8 Å². The number of halogens is 1. The van der Waals surface area contributed by atoms with Gasteiger partial charge < -0.3 is 9.64 Å². The van der Waals surface area contributed by atoms with E-state index in [1.165, 1.54) is 30.2 Å². The van der Waals surface area contributed by atoms with Crippen molar-refractivity contribution in [3.8, 4) is 0 Å². The molecule has 8 nitrogen and oxygen atoms in total. The Kier molecular flexibility index (Phi) is 5.26. The van der Waals surface area contributed by atoms with Gasteiger partial charge in [0, 0.05) is 13.1 Å². The number of thioether (sulfide) groups is 1. The normalized spacial score (nSPS) is 14.6. The molecule has 3 heterocycles. The summed E-state index contributed by atoms with van der Waals surface area (Å²) in [5.74, 6) is 0.0404. The number of aromatic nitrogens is 5.